The van der Waals surface area contributed by atoms with Gasteiger partial charge in [0.15, 0.2) is 0 Å². The largest absolute Gasteiger partial charge is 2.00 e. The summed E-state index contributed by atoms with van der Waals surface area (Å²) in [4.78, 5) is 0. The fourth-order valence-electron chi connectivity index (χ4n) is 0. The molecule has 0 aliphatic heterocycles. The molecule has 0 N–H and O–H groups in total. The Kier molecular flexibility index (Phi) is 253. The molecule has 0 rings (SSSR count). The van der Waals surface area contributed by atoms with E-state index in [1.807, 2.05) is 0 Å². The third-order valence-corrected chi connectivity index (χ3v) is 0. The first-order valence-corrected chi connectivity index (χ1v) is 0.309. The molecule has 0 aliphatic carbocycles. The summed E-state index contributed by atoms with van der Waals surface area (Å²) in [5, 5.41) is 13.5. The van der Waals surface area contributed by atoms with Crippen molar-refractivity contribution in [2.45, 2.75) is 0 Å². The predicted octanol–water partition coefficient (Wildman–Crippen LogP) is -1.92. The van der Waals surface area contributed by atoms with Crippen LogP contribution in [0.3, 0.4) is 0 Å². The van der Waals surface area contributed by atoms with Crippen LogP contribution in [-0.2, 0) is 0 Å². The normalized spacial score (nSPS) is 2.40. The summed E-state index contributed by atoms with van der Waals surface area (Å²) in [5.41, 5.74) is 0. The van der Waals surface area contributed by atoms with Gasteiger partial charge in [-0.3, -0.25) is 0 Å². The van der Waals surface area contributed by atoms with E-state index in [0.717, 1.165) is 0 Å². The minimum Gasteiger partial charge on any atom is -0.682 e. The summed E-state index contributed by atoms with van der Waals surface area (Å²) >= 11 is 0. The molecule has 0 atom stereocenters. The van der Waals surface area contributed by atoms with Crippen molar-refractivity contribution in [3.63, 3.8) is 0 Å². The SMILES string of the molecule is [Ca+2].[O-]F.[O-]F. The van der Waals surface area contributed by atoms with E-state index in [9.17, 15) is 0 Å². The Morgan fingerprint density at radius 3 is 0.800 bits per heavy atom. The van der Waals surface area contributed by atoms with Crippen LogP contribution >= 0.6 is 0 Å². The van der Waals surface area contributed by atoms with E-state index < -0.39 is 0 Å². The van der Waals surface area contributed by atoms with Gasteiger partial charge in [-0.25, -0.2) is 0 Å². The Morgan fingerprint density at radius 1 is 0.800 bits per heavy atom. The van der Waals surface area contributed by atoms with Crippen LogP contribution in [-0.4, -0.2) is 37.7 Å². The Bertz CT molecular complexity index is 7.61. The molecule has 0 amide bonds. The zero-order valence-corrected chi connectivity index (χ0v) is 4.49. The quantitative estimate of drug-likeness (QED) is 0.341. The van der Waals surface area contributed by atoms with E-state index >= 15 is 0 Å². The third-order valence-electron chi connectivity index (χ3n) is 0. The van der Waals surface area contributed by atoms with Crippen molar-refractivity contribution in [3.8, 4) is 0 Å². The first kappa shape index (κ1) is 16.6. The summed E-state index contributed by atoms with van der Waals surface area (Å²) < 4.78 is 16.5. The molecule has 5 heteroatoms. The molecule has 28 valence electrons. The first-order chi connectivity index (χ1) is 2.00. The van der Waals surface area contributed by atoms with Crippen LogP contribution in [0.4, 0.5) is 9.05 Å². The van der Waals surface area contributed by atoms with E-state index in [-0.39, 0.29) is 37.7 Å². The smallest absolute Gasteiger partial charge is 0.682 e. The van der Waals surface area contributed by atoms with Gasteiger partial charge in [-0.1, -0.05) is 0 Å². The van der Waals surface area contributed by atoms with Gasteiger partial charge in [0.05, 0.1) is 0 Å². The fraction of sp³-hybridized carbons (Fsp3) is 0. The fourth-order valence-corrected chi connectivity index (χ4v) is 0. The van der Waals surface area contributed by atoms with Crippen LogP contribution in [0, 0.1) is 0 Å². The molecule has 0 saturated carbocycles. The second-order valence-corrected chi connectivity index (χ2v) is 0. The van der Waals surface area contributed by atoms with Crippen LogP contribution in [0.1, 0.15) is 0 Å². The van der Waals surface area contributed by atoms with Crippen molar-refractivity contribution >= 4 is 37.7 Å². The van der Waals surface area contributed by atoms with E-state index in [1.54, 1.807) is 0 Å². The topological polar surface area (TPSA) is 46.1 Å². The molecule has 0 bridgehead atoms. The molecule has 0 aromatic carbocycles. The third kappa shape index (κ3) is 43.1. The van der Waals surface area contributed by atoms with Gasteiger partial charge in [-0.2, -0.15) is 0 Å². The maximum Gasteiger partial charge on any atom is 2.00 e. The molecule has 5 heavy (non-hydrogen) atoms. The average Bonchev–Trinajstić information content (AvgIpc) is 1.50. The number of halogens is 2. The maximum absolute atomic E-state index is 8.25. The number of hydrogen-bond acceptors (Lipinski definition) is 2. The number of hydrogen-bond donors (Lipinski definition) is 0. The van der Waals surface area contributed by atoms with Crippen molar-refractivity contribution in [2.75, 3.05) is 0 Å². The molecule has 0 fully saturated rings. The Morgan fingerprint density at radius 2 is 0.800 bits per heavy atom. The second kappa shape index (κ2) is 76.1. The van der Waals surface area contributed by atoms with Gasteiger partial charge >= 0.3 is 37.7 Å². The molecule has 0 spiro atoms. The molecule has 0 aromatic heterocycles. The Balaban J connectivity index is -0.0000000133. The molecule has 0 aromatic rings. The van der Waals surface area contributed by atoms with Crippen molar-refractivity contribution in [1.82, 2.24) is 0 Å². The van der Waals surface area contributed by atoms with Crippen LogP contribution < -0.4 is 10.6 Å². The maximum atomic E-state index is 8.25. The van der Waals surface area contributed by atoms with Crippen LogP contribution in [0.25, 0.3) is 0 Å². The molecule has 0 heterocycles. The van der Waals surface area contributed by atoms with Crippen molar-refractivity contribution < 1.29 is 19.7 Å². The minimum atomic E-state index is 0. The van der Waals surface area contributed by atoms with E-state index in [1.165, 1.54) is 0 Å². The zero-order chi connectivity index (χ0) is 4.00. The Labute approximate surface area is 57.2 Å². The van der Waals surface area contributed by atoms with E-state index in [2.05, 4.69) is 0 Å². The summed E-state index contributed by atoms with van der Waals surface area (Å²) in [5.74, 6) is 0. The van der Waals surface area contributed by atoms with Gasteiger partial charge in [0.1, 0.15) is 0 Å². The first-order valence-electron chi connectivity index (χ1n) is 0.309. The molecular formula is CaF2O2. The molecular weight excluding hydrogens is 110 g/mol. The van der Waals surface area contributed by atoms with Crippen LogP contribution in [0.5, 0.6) is 0 Å². The van der Waals surface area contributed by atoms with E-state index in [4.69, 9.17) is 19.7 Å². The molecule has 0 saturated heterocycles. The standard InChI is InChI=1S/Ca.2FO/c;2*1-2/q+2;2*-1. The number of rotatable bonds is 0. The monoisotopic (exact) mass is 110 g/mol. The Hall–Kier alpha value is 1.04. The van der Waals surface area contributed by atoms with Crippen molar-refractivity contribution in [3.05, 3.63) is 0 Å². The van der Waals surface area contributed by atoms with Gasteiger partial charge in [-0.15, -0.1) is 0 Å². The predicted molar refractivity (Wildman–Crippen MR) is 7.97 cm³/mol. The average molecular weight is 110 g/mol. The van der Waals surface area contributed by atoms with Crippen molar-refractivity contribution in [1.29, 1.82) is 0 Å². The van der Waals surface area contributed by atoms with E-state index in [0.29, 0.717) is 0 Å². The van der Waals surface area contributed by atoms with Gasteiger partial charge < -0.3 is 19.7 Å². The van der Waals surface area contributed by atoms with Gasteiger partial charge in [0, 0.05) is 0 Å². The minimum absolute atomic E-state index is 0. The van der Waals surface area contributed by atoms with Crippen molar-refractivity contribution in [2.24, 2.45) is 0 Å². The summed E-state index contributed by atoms with van der Waals surface area (Å²) in [6.07, 6.45) is 0. The van der Waals surface area contributed by atoms with Crippen LogP contribution in [0.2, 0.25) is 0 Å². The summed E-state index contributed by atoms with van der Waals surface area (Å²) in [7, 11) is 0. The summed E-state index contributed by atoms with van der Waals surface area (Å²) in [6, 6.07) is 0. The molecule has 0 aliphatic rings. The second-order valence-electron chi connectivity index (χ2n) is 0. The summed E-state index contributed by atoms with van der Waals surface area (Å²) in [6.45, 7) is 0. The van der Waals surface area contributed by atoms with Gasteiger partial charge in [0.2, 0.25) is 0 Å². The molecule has 0 radical (unpaired) electrons. The van der Waals surface area contributed by atoms with Gasteiger partial charge in [0.25, 0.3) is 0 Å². The molecule has 0 unspecified atom stereocenters. The molecule has 2 nitrogen and oxygen atoms in total. The van der Waals surface area contributed by atoms with Crippen LogP contribution in [0.15, 0.2) is 0 Å². The zero-order valence-electron chi connectivity index (χ0n) is 2.28. The van der Waals surface area contributed by atoms with Gasteiger partial charge in [-0.05, 0) is 0 Å².